The number of nitrogens with one attached hydrogen (secondary N) is 1. The maximum absolute atomic E-state index is 10.7. The molecule has 4 heteroatoms. The van der Waals surface area contributed by atoms with Crippen molar-refractivity contribution in [2.24, 2.45) is 0 Å². The topological polar surface area (TPSA) is 29.1 Å². The predicted octanol–water partition coefficient (Wildman–Crippen LogP) is 1.52. The van der Waals surface area contributed by atoms with E-state index >= 15 is 0 Å². The highest BCUT2D eigenvalue weighted by atomic mass is 79.9. The standard InChI is InChI=1S/C7H10BrNOS/c8-4-2-1-3-7-9-6(10)5-11-7/h1-2,7H,3-5H2,(H,9,10)/b2-1+. The molecular formula is C7H10BrNOS. The van der Waals surface area contributed by atoms with Crippen molar-refractivity contribution in [3.05, 3.63) is 12.2 Å². The van der Waals surface area contributed by atoms with E-state index in [1.165, 1.54) is 0 Å². The van der Waals surface area contributed by atoms with Crippen LogP contribution in [0.15, 0.2) is 12.2 Å². The highest BCUT2D eigenvalue weighted by Crippen LogP contribution is 2.17. The summed E-state index contributed by atoms with van der Waals surface area (Å²) in [6, 6.07) is 0. The summed E-state index contributed by atoms with van der Waals surface area (Å²) in [4.78, 5) is 10.7. The third-order valence-electron chi connectivity index (χ3n) is 1.34. The van der Waals surface area contributed by atoms with Crippen LogP contribution in [0.3, 0.4) is 0 Å². The summed E-state index contributed by atoms with van der Waals surface area (Å²) in [5, 5.41) is 4.06. The minimum absolute atomic E-state index is 0.159. The molecule has 11 heavy (non-hydrogen) atoms. The van der Waals surface area contributed by atoms with Gasteiger partial charge in [0.25, 0.3) is 0 Å². The maximum Gasteiger partial charge on any atom is 0.230 e. The summed E-state index contributed by atoms with van der Waals surface area (Å²) < 4.78 is 0. The number of alkyl halides is 1. The summed E-state index contributed by atoms with van der Waals surface area (Å²) in [6.45, 7) is 0. The molecule has 62 valence electrons. The number of thioether (sulfide) groups is 1. The van der Waals surface area contributed by atoms with Crippen molar-refractivity contribution in [2.75, 3.05) is 11.1 Å². The number of rotatable bonds is 3. The molecule has 1 saturated heterocycles. The highest BCUT2D eigenvalue weighted by Gasteiger charge is 2.19. The van der Waals surface area contributed by atoms with Crippen molar-refractivity contribution >= 4 is 33.6 Å². The molecule has 0 aromatic heterocycles. The molecule has 1 amide bonds. The number of hydrogen-bond acceptors (Lipinski definition) is 2. The Hall–Kier alpha value is 0.0400. The van der Waals surface area contributed by atoms with Gasteiger partial charge < -0.3 is 5.32 Å². The fourth-order valence-corrected chi connectivity index (χ4v) is 2.01. The van der Waals surface area contributed by atoms with Crippen molar-refractivity contribution in [1.82, 2.24) is 5.32 Å². The van der Waals surface area contributed by atoms with Gasteiger partial charge in [-0.25, -0.2) is 0 Å². The van der Waals surface area contributed by atoms with Crippen LogP contribution in [0.5, 0.6) is 0 Å². The van der Waals surface area contributed by atoms with Gasteiger partial charge in [-0.2, -0.15) is 0 Å². The van der Waals surface area contributed by atoms with Gasteiger partial charge in [-0.1, -0.05) is 28.1 Å². The van der Waals surface area contributed by atoms with Crippen molar-refractivity contribution in [3.63, 3.8) is 0 Å². The fourth-order valence-electron chi connectivity index (χ4n) is 0.849. The monoisotopic (exact) mass is 235 g/mol. The Morgan fingerprint density at radius 3 is 3.09 bits per heavy atom. The van der Waals surface area contributed by atoms with Crippen LogP contribution in [0.1, 0.15) is 6.42 Å². The van der Waals surface area contributed by atoms with Crippen LogP contribution in [0, 0.1) is 0 Å². The Kier molecular flexibility index (Phi) is 4.01. The average molecular weight is 236 g/mol. The Balaban J connectivity index is 2.18. The Morgan fingerprint density at radius 1 is 1.73 bits per heavy atom. The van der Waals surface area contributed by atoms with Gasteiger partial charge in [0.05, 0.1) is 11.1 Å². The number of carbonyl (C=O) groups excluding carboxylic acids is 1. The molecule has 1 aliphatic rings. The quantitative estimate of drug-likeness (QED) is 0.594. The van der Waals surface area contributed by atoms with Crippen LogP contribution < -0.4 is 5.32 Å². The second-order valence-corrected chi connectivity index (χ2v) is 4.07. The van der Waals surface area contributed by atoms with Crippen molar-refractivity contribution in [3.8, 4) is 0 Å². The van der Waals surface area contributed by atoms with Gasteiger partial charge in [0.2, 0.25) is 5.91 Å². The van der Waals surface area contributed by atoms with Gasteiger partial charge in [0.1, 0.15) is 0 Å². The van der Waals surface area contributed by atoms with Crippen molar-refractivity contribution in [1.29, 1.82) is 0 Å². The molecular weight excluding hydrogens is 226 g/mol. The Labute approximate surface area is 78.9 Å². The summed E-state index contributed by atoms with van der Waals surface area (Å²) in [7, 11) is 0. The molecule has 0 bridgehead atoms. The Bertz CT molecular complexity index is 172. The average Bonchev–Trinajstić information content (AvgIpc) is 2.37. The minimum Gasteiger partial charge on any atom is -0.343 e. The first-order chi connectivity index (χ1) is 5.33. The number of halogens is 1. The third kappa shape index (κ3) is 3.29. The molecule has 1 aliphatic heterocycles. The van der Waals surface area contributed by atoms with Crippen molar-refractivity contribution < 1.29 is 4.79 Å². The van der Waals surface area contributed by atoms with Crippen LogP contribution in [0.4, 0.5) is 0 Å². The minimum atomic E-state index is 0.159. The maximum atomic E-state index is 10.7. The van der Waals surface area contributed by atoms with Gasteiger partial charge >= 0.3 is 0 Å². The van der Waals surface area contributed by atoms with Gasteiger partial charge in [-0.05, 0) is 6.42 Å². The van der Waals surface area contributed by atoms with Crippen LogP contribution in [0.25, 0.3) is 0 Å². The second kappa shape index (κ2) is 4.83. The van der Waals surface area contributed by atoms with E-state index < -0.39 is 0 Å². The molecule has 1 fully saturated rings. The lowest BCUT2D eigenvalue weighted by Gasteiger charge is -2.03. The second-order valence-electron chi connectivity index (χ2n) is 2.23. The van der Waals surface area contributed by atoms with Gasteiger partial charge in [-0.3, -0.25) is 4.79 Å². The molecule has 0 aliphatic carbocycles. The number of allylic oxidation sites excluding steroid dienone is 1. The molecule has 0 aromatic carbocycles. The zero-order valence-corrected chi connectivity index (χ0v) is 8.45. The van der Waals surface area contributed by atoms with Crippen LogP contribution in [0.2, 0.25) is 0 Å². The van der Waals surface area contributed by atoms with Gasteiger partial charge in [-0.15, -0.1) is 11.8 Å². The zero-order valence-electron chi connectivity index (χ0n) is 6.05. The SMILES string of the molecule is O=C1CSC(C/C=C/CBr)N1. The van der Waals surface area contributed by atoms with Crippen LogP contribution in [-0.4, -0.2) is 22.4 Å². The first kappa shape index (κ1) is 9.13. The summed E-state index contributed by atoms with van der Waals surface area (Å²) >= 11 is 4.96. The number of hydrogen-bond donors (Lipinski definition) is 1. The highest BCUT2D eigenvalue weighted by molar-refractivity contribution is 9.09. The van der Waals surface area contributed by atoms with E-state index in [1.54, 1.807) is 11.8 Å². The van der Waals surface area contributed by atoms with E-state index in [2.05, 4.69) is 27.3 Å². The van der Waals surface area contributed by atoms with Crippen LogP contribution in [-0.2, 0) is 4.79 Å². The molecule has 0 radical (unpaired) electrons. The smallest absolute Gasteiger partial charge is 0.230 e. The predicted molar refractivity (Wildman–Crippen MR) is 51.9 cm³/mol. The number of carbonyl (C=O) groups is 1. The van der Waals surface area contributed by atoms with E-state index in [9.17, 15) is 4.79 Å². The number of amides is 1. The fraction of sp³-hybridized carbons (Fsp3) is 0.571. The molecule has 1 unspecified atom stereocenters. The van der Waals surface area contributed by atoms with Gasteiger partial charge in [0, 0.05) is 5.33 Å². The Morgan fingerprint density at radius 2 is 2.55 bits per heavy atom. The molecule has 1 N–H and O–H groups in total. The first-order valence-electron chi connectivity index (χ1n) is 3.45. The van der Waals surface area contributed by atoms with E-state index in [0.717, 1.165) is 11.8 Å². The summed E-state index contributed by atoms with van der Waals surface area (Å²) in [5.74, 6) is 0.777. The molecule has 0 aromatic rings. The lowest BCUT2D eigenvalue weighted by atomic mass is 10.4. The molecule has 1 heterocycles. The first-order valence-corrected chi connectivity index (χ1v) is 5.62. The molecule has 0 saturated carbocycles. The normalized spacial score (nSPS) is 24.5. The lowest BCUT2D eigenvalue weighted by Crippen LogP contribution is -2.23. The van der Waals surface area contributed by atoms with Gasteiger partial charge in [0.15, 0.2) is 0 Å². The molecule has 1 atom stereocenters. The molecule has 0 spiro atoms. The third-order valence-corrected chi connectivity index (χ3v) is 2.86. The molecule has 2 nitrogen and oxygen atoms in total. The zero-order chi connectivity index (χ0) is 8.10. The van der Waals surface area contributed by atoms with E-state index in [4.69, 9.17) is 0 Å². The van der Waals surface area contributed by atoms with E-state index in [1.807, 2.05) is 6.08 Å². The summed E-state index contributed by atoms with van der Waals surface area (Å²) in [5.41, 5.74) is 0. The largest absolute Gasteiger partial charge is 0.343 e. The molecule has 1 rings (SSSR count). The van der Waals surface area contributed by atoms with Crippen LogP contribution >= 0.6 is 27.7 Å². The van der Waals surface area contributed by atoms with E-state index in [0.29, 0.717) is 11.1 Å². The van der Waals surface area contributed by atoms with E-state index in [-0.39, 0.29) is 5.91 Å². The summed E-state index contributed by atoms with van der Waals surface area (Å²) in [6.07, 6.45) is 5.06. The lowest BCUT2D eigenvalue weighted by molar-refractivity contribution is -0.118. The van der Waals surface area contributed by atoms with Crippen molar-refractivity contribution in [2.45, 2.75) is 11.8 Å².